The molecule has 4 heterocycles. The minimum absolute atomic E-state index is 0.0241. The van der Waals surface area contributed by atoms with Crippen molar-refractivity contribution in [3.8, 4) is 16.9 Å². The molecule has 1 aliphatic heterocycles. The van der Waals surface area contributed by atoms with E-state index in [4.69, 9.17) is 4.74 Å². The summed E-state index contributed by atoms with van der Waals surface area (Å²) in [6.45, 7) is 6.37. The van der Waals surface area contributed by atoms with Crippen molar-refractivity contribution < 1.29 is 9.53 Å². The van der Waals surface area contributed by atoms with Crippen molar-refractivity contribution in [1.29, 1.82) is 0 Å². The second-order valence-electron chi connectivity index (χ2n) is 9.15. The molecule has 1 aromatic carbocycles. The van der Waals surface area contributed by atoms with Gasteiger partial charge in [0.05, 0.1) is 11.7 Å². The minimum Gasteiger partial charge on any atom is -0.486 e. The zero-order valence-electron chi connectivity index (χ0n) is 20.2. The van der Waals surface area contributed by atoms with Crippen LogP contribution < -0.4 is 10.1 Å². The van der Waals surface area contributed by atoms with E-state index in [0.717, 1.165) is 42.4 Å². The molecular weight excluding hydrogens is 442 g/mol. The molecule has 1 fully saturated rings. The van der Waals surface area contributed by atoms with E-state index in [-0.39, 0.29) is 12.0 Å². The molecule has 3 aromatic heterocycles. The fourth-order valence-corrected chi connectivity index (χ4v) is 4.39. The number of hydrogen-bond acceptors (Lipinski definition) is 7. The second-order valence-corrected chi connectivity index (χ2v) is 9.15. The number of benzene rings is 1. The summed E-state index contributed by atoms with van der Waals surface area (Å²) in [5.74, 6) is 0.573. The quantitative estimate of drug-likeness (QED) is 0.455. The molecule has 9 heteroatoms. The highest BCUT2D eigenvalue weighted by Crippen LogP contribution is 2.36. The predicted molar refractivity (Wildman–Crippen MR) is 134 cm³/mol. The smallest absolute Gasteiger partial charge is 0.257 e. The van der Waals surface area contributed by atoms with Crippen molar-refractivity contribution in [2.75, 3.05) is 18.4 Å². The lowest BCUT2D eigenvalue weighted by molar-refractivity contribution is 0.0852. The summed E-state index contributed by atoms with van der Waals surface area (Å²) in [7, 11) is 1.89. The first-order valence-electron chi connectivity index (χ1n) is 11.9. The van der Waals surface area contributed by atoms with Gasteiger partial charge < -0.3 is 15.0 Å². The SMILES string of the molecule is CC(C)N1CCC(Oc2c(NC(=O)c3ccncc3)nnc3ccc(-c4cnn(C)c4)cc23)CC1. The van der Waals surface area contributed by atoms with E-state index in [0.29, 0.717) is 28.7 Å². The second kappa shape index (κ2) is 9.79. The number of rotatable bonds is 6. The minimum atomic E-state index is -0.288. The highest BCUT2D eigenvalue weighted by atomic mass is 16.5. The Bertz CT molecular complexity index is 1330. The summed E-state index contributed by atoms with van der Waals surface area (Å²) in [5.41, 5.74) is 3.17. The highest BCUT2D eigenvalue weighted by Gasteiger charge is 2.25. The number of hydrogen-bond donors (Lipinski definition) is 1. The lowest BCUT2D eigenvalue weighted by atomic mass is 10.0. The lowest BCUT2D eigenvalue weighted by Gasteiger charge is -2.34. The van der Waals surface area contributed by atoms with E-state index >= 15 is 0 Å². The van der Waals surface area contributed by atoms with Crippen molar-refractivity contribution >= 4 is 22.6 Å². The standard InChI is InChI=1S/C26H29N7O2/c1-17(2)33-12-8-21(9-13-33)35-24-22-14-19(20-15-28-32(3)16-20)4-5-23(22)30-31-25(24)29-26(34)18-6-10-27-11-7-18/h4-7,10-11,14-17,21H,8-9,12-13H2,1-3H3,(H,29,31,34). The number of carbonyl (C=O) groups is 1. The fraction of sp³-hybridized carbons (Fsp3) is 0.346. The van der Waals surface area contributed by atoms with Gasteiger partial charge in [0.25, 0.3) is 5.91 Å². The molecule has 0 unspecified atom stereocenters. The van der Waals surface area contributed by atoms with Crippen LogP contribution in [0.3, 0.4) is 0 Å². The van der Waals surface area contributed by atoms with Gasteiger partial charge in [0.2, 0.25) is 0 Å². The Balaban J connectivity index is 1.52. The van der Waals surface area contributed by atoms with Crippen LogP contribution in [-0.4, -0.2) is 61.0 Å². The first-order chi connectivity index (χ1) is 17.0. The summed E-state index contributed by atoms with van der Waals surface area (Å²) in [6, 6.07) is 9.78. The molecule has 9 nitrogen and oxygen atoms in total. The molecule has 0 atom stereocenters. The molecule has 4 aromatic rings. The van der Waals surface area contributed by atoms with Crippen LogP contribution in [0.2, 0.25) is 0 Å². The zero-order valence-corrected chi connectivity index (χ0v) is 20.2. The first kappa shape index (κ1) is 22.9. The highest BCUT2D eigenvalue weighted by molar-refractivity contribution is 6.06. The lowest BCUT2D eigenvalue weighted by Crippen LogP contribution is -2.41. The third kappa shape index (κ3) is 5.00. The van der Waals surface area contributed by atoms with Crippen molar-refractivity contribution in [3.05, 3.63) is 60.7 Å². The molecule has 1 amide bonds. The van der Waals surface area contributed by atoms with Gasteiger partial charge in [-0.1, -0.05) is 6.07 Å². The van der Waals surface area contributed by atoms with E-state index in [2.05, 4.69) is 44.3 Å². The monoisotopic (exact) mass is 471 g/mol. The van der Waals surface area contributed by atoms with Crippen LogP contribution >= 0.6 is 0 Å². The normalized spacial score (nSPS) is 15.0. The van der Waals surface area contributed by atoms with E-state index in [1.54, 1.807) is 29.2 Å². The van der Waals surface area contributed by atoms with Crippen molar-refractivity contribution in [2.45, 2.75) is 38.8 Å². The van der Waals surface area contributed by atoms with Gasteiger partial charge in [-0.25, -0.2) is 0 Å². The molecule has 1 N–H and O–H groups in total. The maximum atomic E-state index is 12.9. The van der Waals surface area contributed by atoms with Gasteiger partial charge in [-0.15, -0.1) is 10.2 Å². The van der Waals surface area contributed by atoms with Crippen molar-refractivity contribution in [3.63, 3.8) is 0 Å². The Labute approximate surface area is 204 Å². The van der Waals surface area contributed by atoms with Crippen molar-refractivity contribution in [1.82, 2.24) is 29.9 Å². The number of piperidine rings is 1. The summed E-state index contributed by atoms with van der Waals surface area (Å²) >= 11 is 0. The zero-order chi connectivity index (χ0) is 24.4. The average Bonchev–Trinajstić information content (AvgIpc) is 3.32. The Kier molecular flexibility index (Phi) is 6.41. The van der Waals surface area contributed by atoms with Crippen LogP contribution in [0.25, 0.3) is 22.0 Å². The molecule has 35 heavy (non-hydrogen) atoms. The molecule has 0 saturated carbocycles. The van der Waals surface area contributed by atoms with Crippen LogP contribution in [-0.2, 0) is 7.05 Å². The van der Waals surface area contributed by atoms with E-state index in [1.165, 1.54) is 0 Å². The number of nitrogens with one attached hydrogen (secondary N) is 1. The van der Waals surface area contributed by atoms with Crippen molar-refractivity contribution in [2.24, 2.45) is 7.05 Å². The number of aromatic nitrogens is 5. The van der Waals surface area contributed by atoms with Gasteiger partial charge in [-0.2, -0.15) is 5.10 Å². The van der Waals surface area contributed by atoms with Gasteiger partial charge >= 0.3 is 0 Å². The molecule has 1 saturated heterocycles. The Morgan fingerprint density at radius 3 is 2.54 bits per heavy atom. The van der Waals surface area contributed by atoms with Gasteiger partial charge in [0.1, 0.15) is 6.10 Å². The van der Waals surface area contributed by atoms with Crippen LogP contribution in [0.15, 0.2) is 55.1 Å². The maximum absolute atomic E-state index is 12.9. The topological polar surface area (TPSA) is 98.1 Å². The average molecular weight is 472 g/mol. The van der Waals surface area contributed by atoms with Crippen LogP contribution in [0.1, 0.15) is 37.0 Å². The Morgan fingerprint density at radius 1 is 1.09 bits per heavy atom. The van der Waals surface area contributed by atoms with Crippen LogP contribution in [0, 0.1) is 0 Å². The Hall–Kier alpha value is -3.85. The molecule has 0 radical (unpaired) electrons. The third-order valence-electron chi connectivity index (χ3n) is 6.42. The summed E-state index contributed by atoms with van der Waals surface area (Å²) < 4.78 is 8.35. The number of pyridine rings is 1. The van der Waals surface area contributed by atoms with Gasteiger partial charge in [-0.05, 0) is 56.5 Å². The molecular formula is C26H29N7O2. The number of carbonyl (C=O) groups excluding carboxylic acids is 1. The maximum Gasteiger partial charge on any atom is 0.257 e. The van der Waals surface area contributed by atoms with Gasteiger partial charge in [0.15, 0.2) is 11.6 Å². The van der Waals surface area contributed by atoms with Crippen LogP contribution in [0.5, 0.6) is 5.75 Å². The number of nitrogens with zero attached hydrogens (tertiary/aromatic N) is 6. The van der Waals surface area contributed by atoms with E-state index < -0.39 is 0 Å². The predicted octanol–water partition coefficient (Wildman–Crippen LogP) is 3.93. The van der Waals surface area contributed by atoms with Crippen LogP contribution in [0.4, 0.5) is 5.82 Å². The molecule has 0 aliphatic carbocycles. The largest absolute Gasteiger partial charge is 0.486 e. The van der Waals surface area contributed by atoms with E-state index in [1.807, 2.05) is 37.6 Å². The number of amides is 1. The molecule has 0 spiro atoms. The van der Waals surface area contributed by atoms with Gasteiger partial charge in [0, 0.05) is 61.3 Å². The summed E-state index contributed by atoms with van der Waals surface area (Å²) in [5, 5.41) is 16.7. The number of anilines is 1. The summed E-state index contributed by atoms with van der Waals surface area (Å²) in [4.78, 5) is 19.4. The molecule has 180 valence electrons. The summed E-state index contributed by atoms with van der Waals surface area (Å²) in [6.07, 6.45) is 8.79. The Morgan fingerprint density at radius 2 is 1.86 bits per heavy atom. The number of fused-ring (bicyclic) bond motifs is 1. The molecule has 1 aliphatic rings. The van der Waals surface area contributed by atoms with Gasteiger partial charge in [-0.3, -0.25) is 14.5 Å². The fourth-order valence-electron chi connectivity index (χ4n) is 4.39. The number of likely N-dealkylation sites (tertiary alicyclic amines) is 1. The number of aryl methyl sites for hydroxylation is 1. The number of ether oxygens (including phenoxy) is 1. The molecule has 0 bridgehead atoms. The third-order valence-corrected chi connectivity index (χ3v) is 6.42. The first-order valence-corrected chi connectivity index (χ1v) is 11.9. The van der Waals surface area contributed by atoms with E-state index in [9.17, 15) is 4.79 Å². The molecule has 5 rings (SSSR count).